The molecule has 1 radical (unpaired) electrons. The zero-order valence-corrected chi connectivity index (χ0v) is 25.7. The maximum Gasteiger partial charge on any atom is 0.0879 e. The van der Waals surface area contributed by atoms with E-state index in [4.69, 9.17) is 0 Å². The molecule has 2 heterocycles. The van der Waals surface area contributed by atoms with E-state index in [0.29, 0.717) is 5.75 Å². The number of hydrogen-bond donors (Lipinski definition) is 1. The van der Waals surface area contributed by atoms with Crippen molar-refractivity contribution >= 4 is 10.9 Å². The minimum atomic E-state index is -0.134. The molecular weight excluding hydrogens is 645 g/mol. The van der Waals surface area contributed by atoms with E-state index in [-0.39, 0.29) is 30.9 Å². The Kier molecular flexibility index (Phi) is 9.02. The van der Waals surface area contributed by atoms with Crippen molar-refractivity contribution in [1.82, 2.24) is 9.55 Å². The molecule has 4 heteroatoms. The first kappa shape index (κ1) is 29.4. The smallest absolute Gasteiger partial charge is 0.0879 e. The third kappa shape index (κ3) is 6.43. The summed E-state index contributed by atoms with van der Waals surface area (Å²) in [5.74, 6) is 0.364. The van der Waals surface area contributed by atoms with Crippen LogP contribution in [0.15, 0.2) is 85.1 Å². The van der Waals surface area contributed by atoms with Crippen LogP contribution in [-0.4, -0.2) is 14.7 Å². The Balaban J connectivity index is 0.000000258. The molecule has 0 aliphatic carbocycles. The molecule has 0 aliphatic rings. The summed E-state index contributed by atoms with van der Waals surface area (Å²) in [5.41, 5.74) is 6.99. The van der Waals surface area contributed by atoms with Crippen molar-refractivity contribution in [3.8, 4) is 28.3 Å². The van der Waals surface area contributed by atoms with Gasteiger partial charge in [-0.25, -0.2) is 0 Å². The van der Waals surface area contributed by atoms with Crippen LogP contribution in [0.4, 0.5) is 0 Å². The molecule has 0 saturated heterocycles. The van der Waals surface area contributed by atoms with Crippen molar-refractivity contribution in [3.05, 3.63) is 108 Å². The molecule has 0 saturated carbocycles. The maximum absolute atomic E-state index is 11.1. The Morgan fingerprint density at radius 3 is 2.08 bits per heavy atom. The van der Waals surface area contributed by atoms with Gasteiger partial charge in [-0.15, -0.1) is 59.5 Å². The van der Waals surface area contributed by atoms with Gasteiger partial charge in [-0.2, -0.15) is 0 Å². The Hall–Kier alpha value is -3.20. The number of phenolic OH excluding ortho intramolecular Hbond substituents is 1. The molecule has 0 unspecified atom stereocenters. The SMILES string of the molecule is Cn1c(-c2cc(C(C)(C)C)cc(C(C)(C)C)c2O)[c-]c2ccccc21.[Ir].[c-]1ccccc1-c1ccccn1. The van der Waals surface area contributed by atoms with E-state index in [1.165, 1.54) is 5.56 Å². The molecule has 0 bridgehead atoms. The van der Waals surface area contributed by atoms with Crippen molar-refractivity contribution in [2.45, 2.75) is 52.4 Å². The normalized spacial score (nSPS) is 11.4. The fraction of sp³-hybridized carbons (Fsp3) is 0.265. The number of benzene rings is 3. The Labute approximate surface area is 240 Å². The molecule has 5 rings (SSSR count). The summed E-state index contributed by atoms with van der Waals surface area (Å²) in [6.45, 7) is 13.1. The van der Waals surface area contributed by atoms with E-state index in [1.807, 2.05) is 61.6 Å². The van der Waals surface area contributed by atoms with Crippen molar-refractivity contribution in [1.29, 1.82) is 0 Å². The van der Waals surface area contributed by atoms with Gasteiger partial charge in [-0.1, -0.05) is 83.5 Å². The third-order valence-electron chi connectivity index (χ3n) is 6.54. The summed E-state index contributed by atoms with van der Waals surface area (Å²) in [4.78, 5) is 4.22. The van der Waals surface area contributed by atoms with Crippen molar-refractivity contribution in [3.63, 3.8) is 0 Å². The van der Waals surface area contributed by atoms with Crippen molar-refractivity contribution < 1.29 is 25.2 Å². The quantitative estimate of drug-likeness (QED) is 0.190. The topological polar surface area (TPSA) is 38.0 Å². The minimum Gasteiger partial charge on any atom is -0.517 e. The molecule has 0 aliphatic heterocycles. The first-order valence-electron chi connectivity index (χ1n) is 12.7. The number of rotatable bonds is 2. The zero-order valence-electron chi connectivity index (χ0n) is 23.3. The fourth-order valence-electron chi connectivity index (χ4n) is 4.35. The number of para-hydroxylation sites is 1. The first-order valence-corrected chi connectivity index (χ1v) is 12.7. The number of pyridine rings is 1. The Morgan fingerprint density at radius 1 is 0.816 bits per heavy atom. The predicted octanol–water partition coefficient (Wildman–Crippen LogP) is 8.49. The molecule has 3 nitrogen and oxygen atoms in total. The summed E-state index contributed by atoms with van der Waals surface area (Å²) in [5, 5.41) is 12.2. The number of aromatic hydroxyl groups is 1. The molecule has 199 valence electrons. The molecule has 0 atom stereocenters. The number of nitrogens with zero attached hydrogens (tertiary/aromatic N) is 2. The van der Waals surface area contributed by atoms with Crippen LogP contribution in [0.2, 0.25) is 0 Å². The van der Waals surface area contributed by atoms with Crippen LogP contribution in [0.1, 0.15) is 52.7 Å². The summed E-state index contributed by atoms with van der Waals surface area (Å²) < 4.78 is 2.11. The van der Waals surface area contributed by atoms with Gasteiger partial charge in [0.1, 0.15) is 0 Å². The second-order valence-electron chi connectivity index (χ2n) is 11.5. The minimum absolute atomic E-state index is 0. The molecule has 0 fully saturated rings. The van der Waals surface area contributed by atoms with E-state index >= 15 is 0 Å². The zero-order chi connectivity index (χ0) is 26.8. The molecular formula is C34H36IrN2O-2. The predicted molar refractivity (Wildman–Crippen MR) is 155 cm³/mol. The van der Waals surface area contributed by atoms with Crippen LogP contribution in [0.3, 0.4) is 0 Å². The molecule has 1 N–H and O–H groups in total. The first-order chi connectivity index (χ1) is 17.5. The van der Waals surface area contributed by atoms with Crippen LogP contribution in [0.5, 0.6) is 5.75 Å². The average molecular weight is 681 g/mol. The number of aromatic nitrogens is 2. The summed E-state index contributed by atoms with van der Waals surface area (Å²) in [7, 11) is 2.04. The number of fused-ring (bicyclic) bond motifs is 1. The standard InChI is InChI=1S/C23H28NO.C11H8N.Ir/c1-22(2,3)16-13-17(21(25)18(14-16)23(4,5)6)20-12-15-10-8-9-11-19(15)24(20)7;1-2-6-10(7-3-1)11-8-4-5-9-12-11;/h8-11,13-14,25H,1-7H3;1-6,8-9H;/q2*-1;. The Bertz CT molecular complexity index is 1450. The number of phenols is 1. The van der Waals surface area contributed by atoms with Gasteiger partial charge in [-0.05, 0) is 44.9 Å². The summed E-state index contributed by atoms with van der Waals surface area (Å²) in [6.07, 6.45) is 1.79. The van der Waals surface area contributed by atoms with E-state index < -0.39 is 0 Å². The van der Waals surface area contributed by atoms with Crippen LogP contribution in [0.25, 0.3) is 33.4 Å². The number of aryl methyl sites for hydroxylation is 1. The molecule has 2 aromatic heterocycles. The Morgan fingerprint density at radius 2 is 1.50 bits per heavy atom. The molecule has 0 amide bonds. The van der Waals surface area contributed by atoms with Gasteiger partial charge in [0.25, 0.3) is 0 Å². The fourth-order valence-corrected chi connectivity index (χ4v) is 4.35. The van der Waals surface area contributed by atoms with Crippen molar-refractivity contribution in [2.24, 2.45) is 7.05 Å². The monoisotopic (exact) mass is 681 g/mol. The molecule has 38 heavy (non-hydrogen) atoms. The van der Waals surface area contributed by atoms with Gasteiger partial charge in [0.15, 0.2) is 0 Å². The van der Waals surface area contributed by atoms with Gasteiger partial charge in [0, 0.05) is 33.3 Å². The third-order valence-corrected chi connectivity index (χ3v) is 6.54. The molecule has 3 aromatic carbocycles. The molecule has 0 spiro atoms. The van der Waals surface area contributed by atoms with Crippen LogP contribution in [0, 0.1) is 12.1 Å². The summed E-state index contributed by atoms with van der Waals surface area (Å²) >= 11 is 0. The second kappa shape index (κ2) is 11.7. The average Bonchev–Trinajstić information content (AvgIpc) is 3.20. The molecule has 5 aromatic rings. The van der Waals surface area contributed by atoms with Crippen LogP contribution in [-0.2, 0) is 38.0 Å². The van der Waals surface area contributed by atoms with Gasteiger partial charge in [0.05, 0.1) is 5.75 Å². The van der Waals surface area contributed by atoms with Crippen molar-refractivity contribution in [2.75, 3.05) is 0 Å². The van der Waals surface area contributed by atoms with Crippen LogP contribution >= 0.6 is 0 Å². The van der Waals surface area contributed by atoms with Gasteiger partial charge in [0.2, 0.25) is 0 Å². The van der Waals surface area contributed by atoms with Gasteiger partial charge < -0.3 is 14.7 Å². The van der Waals surface area contributed by atoms with E-state index in [1.54, 1.807) is 6.20 Å². The van der Waals surface area contributed by atoms with E-state index in [2.05, 4.69) is 87.5 Å². The van der Waals surface area contributed by atoms with E-state index in [0.717, 1.165) is 39.0 Å². The largest absolute Gasteiger partial charge is 0.517 e. The maximum atomic E-state index is 11.1. The number of hydrogen-bond acceptors (Lipinski definition) is 2. The summed E-state index contributed by atoms with van der Waals surface area (Å²) in [6, 6.07) is 32.8. The van der Waals surface area contributed by atoms with Gasteiger partial charge in [-0.3, -0.25) is 0 Å². The van der Waals surface area contributed by atoms with Gasteiger partial charge >= 0.3 is 0 Å². The van der Waals surface area contributed by atoms with Crippen LogP contribution < -0.4 is 0 Å². The van der Waals surface area contributed by atoms with E-state index in [9.17, 15) is 5.11 Å². The second-order valence-corrected chi connectivity index (χ2v) is 11.5.